The zero-order chi connectivity index (χ0) is 29.7. The molecule has 5 rings (SSSR count). The number of hydrogen-bond acceptors (Lipinski definition) is 9. The van der Waals surface area contributed by atoms with Crippen LogP contribution < -0.4 is 4.74 Å². The standard InChI is InChI=1S/C30H37N3O8S/c1-2-41-24-8-4-22(5-9-24)27-26(29(35)30(36)33(27)13-3-12-31-14-18-39-19-15-31)28(34)23-6-10-25(11-7-23)42(37,38)32-16-20-40-21-17-32/h4-11,27,34H,2-3,12-21H2,1H3. The SMILES string of the molecule is CCOc1ccc(C2C(=C(O)c3ccc(S(=O)(=O)N4CCOCC4)cc3)C(=O)C(=O)N2CCCN2CCOCC2)cc1. The van der Waals surface area contributed by atoms with Crippen LogP contribution in [-0.2, 0) is 29.1 Å². The summed E-state index contributed by atoms with van der Waals surface area (Å²) in [6.07, 6.45) is 0.648. The molecule has 3 aliphatic rings. The van der Waals surface area contributed by atoms with Gasteiger partial charge in [-0.3, -0.25) is 14.5 Å². The predicted octanol–water partition coefficient (Wildman–Crippen LogP) is 2.25. The molecule has 1 atom stereocenters. The number of amides is 1. The maximum absolute atomic E-state index is 13.4. The molecular weight excluding hydrogens is 562 g/mol. The molecule has 1 amide bonds. The van der Waals surface area contributed by atoms with Gasteiger partial charge in [0.1, 0.15) is 11.5 Å². The normalized spacial score (nSPS) is 22.0. The fourth-order valence-electron chi connectivity index (χ4n) is 5.54. The number of hydrogen-bond donors (Lipinski definition) is 1. The van der Waals surface area contributed by atoms with Crippen LogP contribution in [0.3, 0.4) is 0 Å². The first-order valence-corrected chi connectivity index (χ1v) is 15.7. The van der Waals surface area contributed by atoms with Crippen LogP contribution in [0.1, 0.15) is 30.5 Å². The van der Waals surface area contributed by atoms with Gasteiger partial charge in [0.05, 0.1) is 49.5 Å². The minimum Gasteiger partial charge on any atom is -0.507 e. The third-order valence-electron chi connectivity index (χ3n) is 7.76. The van der Waals surface area contributed by atoms with E-state index in [1.807, 2.05) is 6.92 Å². The van der Waals surface area contributed by atoms with Crippen molar-refractivity contribution in [1.29, 1.82) is 0 Å². The van der Waals surface area contributed by atoms with Crippen LogP contribution in [0.4, 0.5) is 0 Å². The van der Waals surface area contributed by atoms with Gasteiger partial charge >= 0.3 is 0 Å². The van der Waals surface area contributed by atoms with Crippen molar-refractivity contribution >= 4 is 27.5 Å². The number of aliphatic hydroxyl groups excluding tert-OH is 1. The van der Waals surface area contributed by atoms with Gasteiger partial charge in [0, 0.05) is 44.8 Å². The van der Waals surface area contributed by atoms with Gasteiger partial charge in [-0.25, -0.2) is 8.42 Å². The zero-order valence-electron chi connectivity index (χ0n) is 23.7. The Kier molecular flexibility index (Phi) is 9.59. The van der Waals surface area contributed by atoms with E-state index < -0.39 is 27.8 Å². The number of morpholine rings is 2. The Hall–Kier alpha value is -3.29. The molecule has 1 N–H and O–H groups in total. The number of ketones is 1. The monoisotopic (exact) mass is 599 g/mol. The molecule has 0 spiro atoms. The van der Waals surface area contributed by atoms with Crippen LogP contribution in [0.25, 0.3) is 5.76 Å². The number of carbonyl (C=O) groups excluding carboxylic acids is 2. The topological polar surface area (TPSA) is 126 Å². The van der Waals surface area contributed by atoms with Gasteiger partial charge in [0.25, 0.3) is 11.7 Å². The average molecular weight is 600 g/mol. The minimum absolute atomic E-state index is 0.0284. The molecule has 0 bridgehead atoms. The van der Waals surface area contributed by atoms with Crippen LogP contribution in [0.15, 0.2) is 59.0 Å². The number of sulfonamides is 1. The summed E-state index contributed by atoms with van der Waals surface area (Å²) in [5.41, 5.74) is 0.884. The van der Waals surface area contributed by atoms with Gasteiger partial charge in [0.2, 0.25) is 10.0 Å². The lowest BCUT2D eigenvalue weighted by molar-refractivity contribution is -0.140. The Morgan fingerprint density at radius 3 is 2.14 bits per heavy atom. The third-order valence-corrected chi connectivity index (χ3v) is 9.67. The van der Waals surface area contributed by atoms with Gasteiger partial charge in [-0.05, 0) is 55.3 Å². The first kappa shape index (κ1) is 30.2. The molecule has 11 nitrogen and oxygen atoms in total. The summed E-state index contributed by atoms with van der Waals surface area (Å²) in [6, 6.07) is 12.1. The fraction of sp³-hybridized carbons (Fsp3) is 0.467. The van der Waals surface area contributed by atoms with E-state index in [1.165, 1.54) is 33.5 Å². The van der Waals surface area contributed by atoms with Crippen LogP contribution in [0.5, 0.6) is 5.75 Å². The molecule has 0 saturated carbocycles. The Bertz CT molecular complexity index is 1400. The summed E-state index contributed by atoms with van der Waals surface area (Å²) in [5.74, 6) is -1.15. The van der Waals surface area contributed by atoms with Crippen molar-refractivity contribution in [2.75, 3.05) is 72.3 Å². The number of likely N-dealkylation sites (tertiary alicyclic amines) is 1. The van der Waals surface area contributed by atoms with E-state index in [2.05, 4.69) is 4.90 Å². The highest BCUT2D eigenvalue weighted by atomic mass is 32.2. The Labute approximate surface area is 246 Å². The van der Waals surface area contributed by atoms with Crippen LogP contribution in [0.2, 0.25) is 0 Å². The van der Waals surface area contributed by atoms with Gasteiger partial charge in [-0.2, -0.15) is 4.31 Å². The van der Waals surface area contributed by atoms with Crippen molar-refractivity contribution in [3.63, 3.8) is 0 Å². The maximum Gasteiger partial charge on any atom is 0.295 e. The van der Waals surface area contributed by atoms with Crippen molar-refractivity contribution in [1.82, 2.24) is 14.1 Å². The number of aliphatic hydroxyl groups is 1. The lowest BCUT2D eigenvalue weighted by atomic mass is 9.95. The molecule has 12 heteroatoms. The number of benzene rings is 2. The first-order chi connectivity index (χ1) is 20.3. The summed E-state index contributed by atoms with van der Waals surface area (Å²) in [6.45, 7) is 7.62. The Balaban J connectivity index is 1.45. The first-order valence-electron chi connectivity index (χ1n) is 14.3. The van der Waals surface area contributed by atoms with E-state index in [-0.39, 0.29) is 34.9 Å². The summed E-state index contributed by atoms with van der Waals surface area (Å²) in [4.78, 5) is 30.6. The van der Waals surface area contributed by atoms with Gasteiger partial charge in [-0.15, -0.1) is 0 Å². The second kappa shape index (κ2) is 13.3. The molecule has 0 aromatic heterocycles. The third kappa shape index (κ3) is 6.37. The van der Waals surface area contributed by atoms with Crippen LogP contribution >= 0.6 is 0 Å². The van der Waals surface area contributed by atoms with Crippen molar-refractivity contribution < 1.29 is 37.3 Å². The molecule has 2 aromatic carbocycles. The van der Waals surface area contributed by atoms with Gasteiger partial charge in [-0.1, -0.05) is 12.1 Å². The molecular formula is C30H37N3O8S. The zero-order valence-corrected chi connectivity index (χ0v) is 24.6. The summed E-state index contributed by atoms with van der Waals surface area (Å²) < 4.78 is 43.7. The second-order valence-corrected chi connectivity index (χ2v) is 12.3. The second-order valence-electron chi connectivity index (χ2n) is 10.3. The number of Topliss-reactive ketones (excluding diaryl/α,β-unsaturated/α-hetero) is 1. The molecule has 2 aromatic rings. The lowest BCUT2D eigenvalue weighted by Gasteiger charge is -2.29. The molecule has 226 valence electrons. The van der Waals surface area contributed by atoms with Crippen LogP contribution in [-0.4, -0.2) is 112 Å². The van der Waals surface area contributed by atoms with Crippen molar-refractivity contribution in [2.45, 2.75) is 24.3 Å². The summed E-state index contributed by atoms with van der Waals surface area (Å²) >= 11 is 0. The van der Waals surface area contributed by atoms with Crippen molar-refractivity contribution in [3.05, 3.63) is 65.2 Å². The van der Waals surface area contributed by atoms with Crippen molar-refractivity contribution in [3.8, 4) is 5.75 Å². The van der Waals surface area contributed by atoms with Gasteiger partial charge in [0.15, 0.2) is 0 Å². The number of carbonyl (C=O) groups is 2. The van der Waals surface area contributed by atoms with E-state index in [1.54, 1.807) is 24.3 Å². The fourth-order valence-corrected chi connectivity index (χ4v) is 6.94. The molecule has 0 aliphatic carbocycles. The average Bonchev–Trinajstić information content (AvgIpc) is 3.27. The smallest absolute Gasteiger partial charge is 0.295 e. The highest BCUT2D eigenvalue weighted by molar-refractivity contribution is 7.89. The number of rotatable bonds is 10. The number of ether oxygens (including phenoxy) is 3. The van der Waals surface area contributed by atoms with E-state index >= 15 is 0 Å². The summed E-state index contributed by atoms with van der Waals surface area (Å²) in [5, 5.41) is 11.4. The molecule has 3 saturated heterocycles. The maximum atomic E-state index is 13.4. The molecule has 0 radical (unpaired) electrons. The van der Waals surface area contributed by atoms with E-state index in [0.717, 1.165) is 19.6 Å². The predicted molar refractivity (Wildman–Crippen MR) is 155 cm³/mol. The quantitative estimate of drug-likeness (QED) is 0.249. The molecule has 42 heavy (non-hydrogen) atoms. The van der Waals surface area contributed by atoms with Crippen LogP contribution in [0, 0.1) is 0 Å². The summed E-state index contributed by atoms with van der Waals surface area (Å²) in [7, 11) is -3.73. The van der Waals surface area contributed by atoms with E-state index in [9.17, 15) is 23.1 Å². The highest BCUT2D eigenvalue weighted by Gasteiger charge is 2.46. The van der Waals surface area contributed by atoms with E-state index in [4.69, 9.17) is 14.2 Å². The Morgan fingerprint density at radius 1 is 0.905 bits per heavy atom. The molecule has 3 heterocycles. The number of nitrogens with zero attached hydrogens (tertiary/aromatic N) is 3. The minimum atomic E-state index is -3.73. The largest absolute Gasteiger partial charge is 0.507 e. The lowest BCUT2D eigenvalue weighted by Crippen LogP contribution is -2.40. The molecule has 1 unspecified atom stereocenters. The van der Waals surface area contributed by atoms with Crippen molar-refractivity contribution in [2.24, 2.45) is 0 Å². The highest BCUT2D eigenvalue weighted by Crippen LogP contribution is 2.40. The molecule has 3 fully saturated rings. The van der Waals surface area contributed by atoms with E-state index in [0.29, 0.717) is 57.3 Å². The molecule has 3 aliphatic heterocycles. The van der Waals surface area contributed by atoms with Gasteiger partial charge < -0.3 is 24.2 Å². The Morgan fingerprint density at radius 2 is 1.52 bits per heavy atom.